The Hall–Kier alpha value is -0.715. The predicted molar refractivity (Wildman–Crippen MR) is 71.7 cm³/mol. The minimum Gasteiger partial charge on any atom is -0.0819 e. The molecule has 82 valence electrons. The zero-order chi connectivity index (χ0) is 13.4. The summed E-state index contributed by atoms with van der Waals surface area (Å²) in [6.07, 6.45) is 0. The van der Waals surface area contributed by atoms with Gasteiger partial charge < -0.3 is 0 Å². The lowest BCUT2D eigenvalue weighted by molar-refractivity contribution is 0.844. The van der Waals surface area contributed by atoms with Crippen LogP contribution >= 0.6 is 0 Å². The highest BCUT2D eigenvalue weighted by atomic mass is 14.1. The van der Waals surface area contributed by atoms with Gasteiger partial charge in [-0.2, -0.15) is 0 Å². The molecule has 0 unspecified atom stereocenters. The Morgan fingerprint density at radius 1 is 1.00 bits per heavy atom. The van der Waals surface area contributed by atoms with Crippen LogP contribution < -0.4 is 5.46 Å². The van der Waals surface area contributed by atoms with Gasteiger partial charge in [-0.15, -0.1) is 0 Å². The Balaban J connectivity index is 3.55. The maximum atomic E-state index is 8.25. The van der Waals surface area contributed by atoms with Crippen molar-refractivity contribution in [1.82, 2.24) is 0 Å². The fraction of sp³-hybridized carbons (Fsp3) is 0.571. The molecular weight excluding hydrogens is 179 g/mol. The largest absolute Gasteiger partial charge is 0.170 e. The SMILES string of the molecule is [2H]C(C)(C)c1cccc(C([2H])(C)C)c1B(C)C. The smallest absolute Gasteiger partial charge is 0.0819 e. The summed E-state index contributed by atoms with van der Waals surface area (Å²) in [5.41, 5.74) is 3.27. The van der Waals surface area contributed by atoms with Crippen molar-refractivity contribution in [3.05, 3.63) is 29.3 Å². The van der Waals surface area contributed by atoms with Crippen molar-refractivity contribution in [3.8, 4) is 0 Å². The van der Waals surface area contributed by atoms with Crippen LogP contribution in [-0.4, -0.2) is 6.71 Å². The summed E-state index contributed by atoms with van der Waals surface area (Å²) < 4.78 is 16.5. The van der Waals surface area contributed by atoms with Gasteiger partial charge in [0.05, 0.1) is 0 Å². The quantitative estimate of drug-likeness (QED) is 0.655. The van der Waals surface area contributed by atoms with Crippen LogP contribution in [0.25, 0.3) is 0 Å². The van der Waals surface area contributed by atoms with Crippen LogP contribution in [0.5, 0.6) is 0 Å². The normalized spacial score (nSPS) is 14.5. The molecule has 0 spiro atoms. The molecule has 0 bridgehead atoms. The first-order valence-electron chi connectivity index (χ1n) is 6.69. The van der Waals surface area contributed by atoms with Crippen LogP contribution in [0.15, 0.2) is 18.2 Å². The average molecular weight is 204 g/mol. The van der Waals surface area contributed by atoms with Gasteiger partial charge in [0.15, 0.2) is 6.71 Å². The van der Waals surface area contributed by atoms with E-state index in [2.05, 4.69) is 13.6 Å². The van der Waals surface area contributed by atoms with Crippen LogP contribution in [0.2, 0.25) is 13.6 Å². The van der Waals surface area contributed by atoms with E-state index in [4.69, 9.17) is 2.74 Å². The van der Waals surface area contributed by atoms with Crippen LogP contribution in [0.1, 0.15) is 53.4 Å². The standard InChI is InChI=1S/C14H23B/c1-10(2)12-8-7-9-13(11(3)4)14(12)15(5)6/h7-11H,1-6H3/i10D,11D. The molecule has 0 fully saturated rings. The fourth-order valence-electron chi connectivity index (χ4n) is 2.06. The summed E-state index contributed by atoms with van der Waals surface area (Å²) >= 11 is 0. The summed E-state index contributed by atoms with van der Waals surface area (Å²) in [5, 5.41) is 0. The number of benzene rings is 1. The van der Waals surface area contributed by atoms with Gasteiger partial charge in [-0.25, -0.2) is 0 Å². The minimum absolute atomic E-state index is 0.343. The molecule has 0 atom stereocenters. The highest BCUT2D eigenvalue weighted by Gasteiger charge is 2.17. The van der Waals surface area contributed by atoms with Gasteiger partial charge in [0.25, 0.3) is 0 Å². The first-order valence-corrected chi connectivity index (χ1v) is 5.69. The first-order chi connectivity index (χ1) is 7.55. The van der Waals surface area contributed by atoms with Gasteiger partial charge in [-0.1, -0.05) is 76.1 Å². The summed E-state index contributed by atoms with van der Waals surface area (Å²) in [6.45, 7) is 12.3. The van der Waals surface area contributed by atoms with E-state index in [-0.39, 0.29) is 0 Å². The van der Waals surface area contributed by atoms with E-state index in [1.807, 2.05) is 45.9 Å². The molecule has 1 heteroatoms. The second-order valence-electron chi connectivity index (χ2n) is 4.92. The van der Waals surface area contributed by atoms with E-state index in [0.717, 1.165) is 11.1 Å². The third kappa shape index (κ3) is 2.65. The van der Waals surface area contributed by atoms with Crippen LogP contribution in [-0.2, 0) is 0 Å². The molecule has 0 aromatic heterocycles. The van der Waals surface area contributed by atoms with Crippen molar-refractivity contribution in [2.45, 2.75) is 53.1 Å². The molecule has 0 saturated heterocycles. The maximum absolute atomic E-state index is 8.25. The zero-order valence-electron chi connectivity index (χ0n) is 12.8. The van der Waals surface area contributed by atoms with E-state index >= 15 is 0 Å². The van der Waals surface area contributed by atoms with Gasteiger partial charge in [0, 0.05) is 2.74 Å². The lowest BCUT2D eigenvalue weighted by Gasteiger charge is -2.21. The first kappa shape index (κ1) is 9.51. The van der Waals surface area contributed by atoms with Gasteiger partial charge in [-0.3, -0.25) is 0 Å². The van der Waals surface area contributed by atoms with Crippen molar-refractivity contribution in [1.29, 1.82) is 0 Å². The molecule has 1 rings (SSSR count). The highest BCUT2D eigenvalue weighted by molar-refractivity contribution is 6.71. The minimum atomic E-state index is -0.610. The summed E-state index contributed by atoms with van der Waals surface area (Å²) in [5.74, 6) is -1.22. The third-order valence-corrected chi connectivity index (χ3v) is 2.76. The molecule has 0 aliphatic heterocycles. The zero-order valence-corrected chi connectivity index (χ0v) is 10.8. The molecule has 15 heavy (non-hydrogen) atoms. The Kier molecular flexibility index (Phi) is 3.09. The summed E-state index contributed by atoms with van der Waals surface area (Å²) in [4.78, 5) is 0. The number of hydrogen-bond acceptors (Lipinski definition) is 0. The lowest BCUT2D eigenvalue weighted by Crippen LogP contribution is -2.31. The second-order valence-corrected chi connectivity index (χ2v) is 4.92. The average Bonchev–Trinajstić information content (AvgIpc) is 2.13. The Labute approximate surface area is 98.0 Å². The fourth-order valence-corrected chi connectivity index (χ4v) is 2.06. The molecular formula is C14H23B. The third-order valence-electron chi connectivity index (χ3n) is 2.76. The highest BCUT2D eigenvalue weighted by Crippen LogP contribution is 2.19. The molecule has 0 radical (unpaired) electrons. The van der Waals surface area contributed by atoms with Crippen LogP contribution in [0, 0.1) is 0 Å². The Morgan fingerprint density at radius 2 is 1.40 bits per heavy atom. The molecule has 0 N–H and O–H groups in total. The molecule has 0 nitrogen and oxygen atoms in total. The van der Waals surface area contributed by atoms with Gasteiger partial charge >= 0.3 is 0 Å². The molecule has 0 aliphatic rings. The van der Waals surface area contributed by atoms with Crippen molar-refractivity contribution in [2.75, 3.05) is 0 Å². The van der Waals surface area contributed by atoms with Gasteiger partial charge in [-0.05, 0) is 11.8 Å². The van der Waals surface area contributed by atoms with Gasteiger partial charge in [0.1, 0.15) is 0 Å². The lowest BCUT2D eigenvalue weighted by atomic mass is 9.46. The Bertz CT molecular complexity index is 365. The molecule has 0 heterocycles. The van der Waals surface area contributed by atoms with E-state index < -0.39 is 11.8 Å². The molecule has 0 saturated carbocycles. The summed E-state index contributed by atoms with van der Waals surface area (Å²) in [6, 6.07) is 6.03. The monoisotopic (exact) mass is 204 g/mol. The second kappa shape index (κ2) is 4.87. The van der Waals surface area contributed by atoms with Crippen molar-refractivity contribution < 1.29 is 2.74 Å². The predicted octanol–water partition coefficient (Wildman–Crippen LogP) is 3.89. The van der Waals surface area contributed by atoms with E-state index in [0.29, 0.717) is 6.71 Å². The van der Waals surface area contributed by atoms with Crippen molar-refractivity contribution >= 4 is 12.2 Å². The van der Waals surface area contributed by atoms with E-state index in [1.54, 1.807) is 0 Å². The van der Waals surface area contributed by atoms with Crippen molar-refractivity contribution in [3.63, 3.8) is 0 Å². The van der Waals surface area contributed by atoms with E-state index in [9.17, 15) is 0 Å². The molecule has 1 aromatic rings. The number of rotatable bonds is 3. The Morgan fingerprint density at radius 3 is 1.67 bits per heavy atom. The summed E-state index contributed by atoms with van der Waals surface area (Å²) in [7, 11) is 0. The van der Waals surface area contributed by atoms with Crippen LogP contribution in [0.3, 0.4) is 0 Å². The molecule has 1 aromatic carbocycles. The van der Waals surface area contributed by atoms with E-state index in [1.165, 1.54) is 5.46 Å². The molecule has 0 aliphatic carbocycles. The maximum Gasteiger partial charge on any atom is 0.170 e. The topological polar surface area (TPSA) is 0 Å². The van der Waals surface area contributed by atoms with Crippen molar-refractivity contribution in [2.24, 2.45) is 0 Å². The number of hydrogen-bond donors (Lipinski definition) is 0. The van der Waals surface area contributed by atoms with Crippen LogP contribution in [0.4, 0.5) is 0 Å². The molecule has 0 amide bonds. The van der Waals surface area contributed by atoms with Gasteiger partial charge in [0.2, 0.25) is 0 Å².